The summed E-state index contributed by atoms with van der Waals surface area (Å²) in [5, 5.41) is 5.97. The van der Waals surface area contributed by atoms with Gasteiger partial charge in [-0.1, -0.05) is 24.3 Å². The van der Waals surface area contributed by atoms with Gasteiger partial charge in [-0.05, 0) is 31.2 Å². The molecular formula is C21H17N5OS. The summed E-state index contributed by atoms with van der Waals surface area (Å²) in [6, 6.07) is 16.6. The largest absolute Gasteiger partial charge is 0.384 e. The molecule has 0 saturated carbocycles. The van der Waals surface area contributed by atoms with Crippen molar-refractivity contribution in [3.05, 3.63) is 76.9 Å². The highest BCUT2D eigenvalue weighted by molar-refractivity contribution is 7.09. The molecule has 6 nitrogen and oxygen atoms in total. The first-order chi connectivity index (χ1) is 13.6. The van der Waals surface area contributed by atoms with Gasteiger partial charge in [-0.25, -0.2) is 15.0 Å². The molecule has 0 saturated heterocycles. The fourth-order valence-electron chi connectivity index (χ4n) is 2.77. The number of nitrogens with two attached hydrogens (primary N) is 1. The van der Waals surface area contributed by atoms with Gasteiger partial charge in [0.1, 0.15) is 12.1 Å². The zero-order chi connectivity index (χ0) is 19.5. The van der Waals surface area contributed by atoms with Gasteiger partial charge in [0.2, 0.25) is 0 Å². The quantitative estimate of drug-likeness (QED) is 0.541. The van der Waals surface area contributed by atoms with Crippen molar-refractivity contribution < 1.29 is 4.79 Å². The zero-order valence-corrected chi connectivity index (χ0v) is 15.9. The van der Waals surface area contributed by atoms with Gasteiger partial charge in [-0.2, -0.15) is 0 Å². The molecule has 2 aromatic carbocycles. The van der Waals surface area contributed by atoms with Gasteiger partial charge in [-0.3, -0.25) is 4.79 Å². The Bertz CT molecular complexity index is 1140. The molecule has 0 fully saturated rings. The van der Waals surface area contributed by atoms with Crippen LogP contribution in [0.5, 0.6) is 0 Å². The van der Waals surface area contributed by atoms with Gasteiger partial charge in [0.25, 0.3) is 5.91 Å². The number of benzene rings is 2. The molecule has 0 aliphatic carbocycles. The first kappa shape index (κ1) is 17.8. The van der Waals surface area contributed by atoms with Crippen molar-refractivity contribution in [2.24, 2.45) is 0 Å². The average Bonchev–Trinajstić information content (AvgIpc) is 3.15. The van der Waals surface area contributed by atoms with E-state index >= 15 is 0 Å². The van der Waals surface area contributed by atoms with E-state index < -0.39 is 0 Å². The van der Waals surface area contributed by atoms with E-state index in [9.17, 15) is 4.79 Å². The molecule has 4 aromatic rings. The number of anilines is 2. The maximum atomic E-state index is 12.6. The number of nitrogens with one attached hydrogen (secondary N) is 1. The number of carbonyl (C=O) groups excluding carboxylic acids is 1. The smallest absolute Gasteiger partial charge is 0.255 e. The Morgan fingerprint density at radius 2 is 1.82 bits per heavy atom. The van der Waals surface area contributed by atoms with Crippen LogP contribution in [0.2, 0.25) is 0 Å². The van der Waals surface area contributed by atoms with Crippen LogP contribution >= 0.6 is 11.3 Å². The summed E-state index contributed by atoms with van der Waals surface area (Å²) < 4.78 is 0. The molecule has 2 aromatic heterocycles. The maximum Gasteiger partial charge on any atom is 0.255 e. The van der Waals surface area contributed by atoms with Gasteiger partial charge in [0.15, 0.2) is 0 Å². The first-order valence-electron chi connectivity index (χ1n) is 8.60. The minimum absolute atomic E-state index is 0.193. The van der Waals surface area contributed by atoms with Crippen LogP contribution in [0.25, 0.3) is 22.5 Å². The number of thiazole rings is 1. The van der Waals surface area contributed by atoms with Crippen LogP contribution in [-0.2, 0) is 0 Å². The highest BCUT2D eigenvalue weighted by Crippen LogP contribution is 2.24. The Balaban J connectivity index is 1.51. The molecule has 138 valence electrons. The number of hydrogen-bond acceptors (Lipinski definition) is 6. The molecule has 0 aliphatic rings. The number of amides is 1. The molecule has 0 radical (unpaired) electrons. The summed E-state index contributed by atoms with van der Waals surface area (Å²) in [5.41, 5.74) is 10.4. The normalized spacial score (nSPS) is 10.6. The van der Waals surface area contributed by atoms with E-state index in [-0.39, 0.29) is 5.91 Å². The lowest BCUT2D eigenvalue weighted by Crippen LogP contribution is -2.11. The summed E-state index contributed by atoms with van der Waals surface area (Å²) >= 11 is 1.61. The maximum absolute atomic E-state index is 12.6. The molecular weight excluding hydrogens is 370 g/mol. The molecule has 7 heteroatoms. The lowest BCUT2D eigenvalue weighted by Gasteiger charge is -2.08. The lowest BCUT2D eigenvalue weighted by atomic mass is 10.1. The van der Waals surface area contributed by atoms with E-state index in [2.05, 4.69) is 20.3 Å². The van der Waals surface area contributed by atoms with Crippen molar-refractivity contribution in [3.63, 3.8) is 0 Å². The van der Waals surface area contributed by atoms with Crippen LogP contribution < -0.4 is 11.1 Å². The molecule has 0 atom stereocenters. The van der Waals surface area contributed by atoms with Crippen molar-refractivity contribution in [2.75, 3.05) is 11.1 Å². The molecule has 0 spiro atoms. The van der Waals surface area contributed by atoms with E-state index in [4.69, 9.17) is 5.73 Å². The summed E-state index contributed by atoms with van der Waals surface area (Å²) in [7, 11) is 0. The third kappa shape index (κ3) is 3.89. The van der Waals surface area contributed by atoms with Crippen molar-refractivity contribution >= 4 is 28.7 Å². The van der Waals surface area contributed by atoms with E-state index in [1.165, 1.54) is 6.33 Å². The van der Waals surface area contributed by atoms with Gasteiger partial charge in [-0.15, -0.1) is 11.3 Å². The first-order valence-corrected chi connectivity index (χ1v) is 9.48. The topological polar surface area (TPSA) is 93.8 Å². The lowest BCUT2D eigenvalue weighted by molar-refractivity contribution is 0.102. The molecule has 4 rings (SSSR count). The standard InChI is InChI=1S/C21H17N5OS/c1-13-25-19(11-28-13)14-5-7-17(8-6-14)26-21(27)16-4-2-3-15(9-16)18-10-20(22)24-12-23-18/h2-12H,1H3,(H,26,27)(H2,22,23,24). The Morgan fingerprint density at radius 3 is 2.54 bits per heavy atom. The van der Waals surface area contributed by atoms with Crippen LogP contribution in [0.4, 0.5) is 11.5 Å². The van der Waals surface area contributed by atoms with Crippen LogP contribution in [0.1, 0.15) is 15.4 Å². The van der Waals surface area contributed by atoms with Gasteiger partial charge < -0.3 is 11.1 Å². The number of rotatable bonds is 4. The highest BCUT2D eigenvalue weighted by atomic mass is 32.1. The monoisotopic (exact) mass is 387 g/mol. The van der Waals surface area contributed by atoms with Crippen molar-refractivity contribution in [1.82, 2.24) is 15.0 Å². The Labute approximate surface area is 166 Å². The summed E-state index contributed by atoms with van der Waals surface area (Å²) in [6.07, 6.45) is 1.41. The Kier molecular flexibility index (Phi) is 4.82. The fourth-order valence-corrected chi connectivity index (χ4v) is 3.40. The molecule has 0 aliphatic heterocycles. The van der Waals surface area contributed by atoms with Gasteiger partial charge >= 0.3 is 0 Å². The fraction of sp³-hybridized carbons (Fsp3) is 0.0476. The third-order valence-corrected chi connectivity index (χ3v) is 4.94. The minimum Gasteiger partial charge on any atom is -0.384 e. The van der Waals surface area contributed by atoms with Crippen molar-refractivity contribution in [2.45, 2.75) is 6.92 Å². The van der Waals surface area contributed by atoms with Crippen LogP contribution in [0.3, 0.4) is 0 Å². The second-order valence-electron chi connectivity index (χ2n) is 6.19. The highest BCUT2D eigenvalue weighted by Gasteiger charge is 2.09. The summed E-state index contributed by atoms with van der Waals surface area (Å²) in [6.45, 7) is 1.98. The second kappa shape index (κ2) is 7.58. The molecule has 28 heavy (non-hydrogen) atoms. The van der Waals surface area contributed by atoms with Gasteiger partial charge in [0.05, 0.1) is 16.4 Å². The number of hydrogen-bond donors (Lipinski definition) is 2. The number of aryl methyl sites for hydroxylation is 1. The molecule has 1 amide bonds. The van der Waals surface area contributed by atoms with E-state index in [1.807, 2.05) is 48.7 Å². The Morgan fingerprint density at radius 1 is 1.00 bits per heavy atom. The number of nitrogen functional groups attached to an aromatic ring is 1. The Hall–Kier alpha value is -3.58. The van der Waals surface area contributed by atoms with Gasteiger partial charge in [0, 0.05) is 33.8 Å². The predicted octanol–water partition coefficient (Wildman–Crippen LogP) is 4.41. The SMILES string of the molecule is Cc1nc(-c2ccc(NC(=O)c3cccc(-c4cc(N)ncn4)c3)cc2)cs1. The zero-order valence-electron chi connectivity index (χ0n) is 15.1. The molecule has 0 unspecified atom stereocenters. The number of aromatic nitrogens is 3. The third-order valence-electron chi connectivity index (χ3n) is 4.17. The predicted molar refractivity (Wildman–Crippen MR) is 112 cm³/mol. The molecule has 0 bridgehead atoms. The molecule has 3 N–H and O–H groups in total. The van der Waals surface area contributed by atoms with E-state index in [0.717, 1.165) is 27.5 Å². The summed E-state index contributed by atoms with van der Waals surface area (Å²) in [5.74, 6) is 0.191. The second-order valence-corrected chi connectivity index (χ2v) is 7.25. The van der Waals surface area contributed by atoms with Crippen LogP contribution in [0.15, 0.2) is 66.3 Å². The van der Waals surface area contributed by atoms with E-state index in [0.29, 0.717) is 17.1 Å². The number of carbonyl (C=O) groups is 1. The van der Waals surface area contributed by atoms with E-state index in [1.54, 1.807) is 29.5 Å². The van der Waals surface area contributed by atoms with Crippen LogP contribution in [0, 0.1) is 6.92 Å². The minimum atomic E-state index is -0.193. The van der Waals surface area contributed by atoms with Crippen molar-refractivity contribution in [3.8, 4) is 22.5 Å². The van der Waals surface area contributed by atoms with Crippen molar-refractivity contribution in [1.29, 1.82) is 0 Å². The number of nitrogens with zero attached hydrogens (tertiary/aromatic N) is 3. The molecule has 2 heterocycles. The van der Waals surface area contributed by atoms with Crippen LogP contribution in [-0.4, -0.2) is 20.9 Å². The summed E-state index contributed by atoms with van der Waals surface area (Å²) in [4.78, 5) is 25.2. The average molecular weight is 387 g/mol.